The fourth-order valence-corrected chi connectivity index (χ4v) is 3.67. The van der Waals surface area contributed by atoms with E-state index in [2.05, 4.69) is 15.7 Å². The topological polar surface area (TPSA) is 85.2 Å². The second-order valence-corrected chi connectivity index (χ2v) is 8.85. The standard InChI is InChI=1S/C26H22Cl2N4O3/c1-16(2)30-25(33)17-6-3-9-20(12-17)31-24-23(35-22-11-5-8-19(28)14-22)15-29-32(26(24)34)21-10-4-7-18(27)13-21/h3-16,31H,1-2H3,(H,30,33). The van der Waals surface area contributed by atoms with Crippen LogP contribution in [0.4, 0.5) is 11.4 Å². The Labute approximate surface area is 212 Å². The molecule has 0 radical (unpaired) electrons. The molecule has 35 heavy (non-hydrogen) atoms. The fraction of sp³-hybridized carbons (Fsp3) is 0.115. The number of amides is 1. The van der Waals surface area contributed by atoms with E-state index < -0.39 is 5.56 Å². The van der Waals surface area contributed by atoms with Gasteiger partial charge < -0.3 is 15.4 Å². The van der Waals surface area contributed by atoms with Crippen molar-refractivity contribution >= 4 is 40.5 Å². The van der Waals surface area contributed by atoms with Gasteiger partial charge in [-0.15, -0.1) is 0 Å². The Morgan fingerprint density at radius 1 is 0.971 bits per heavy atom. The van der Waals surface area contributed by atoms with Crippen molar-refractivity contribution in [3.63, 3.8) is 0 Å². The molecule has 0 saturated carbocycles. The van der Waals surface area contributed by atoms with Crippen molar-refractivity contribution < 1.29 is 9.53 Å². The molecule has 0 spiro atoms. The molecule has 0 saturated heterocycles. The highest BCUT2D eigenvalue weighted by Crippen LogP contribution is 2.30. The maximum Gasteiger partial charge on any atom is 0.299 e. The number of hydrogen-bond acceptors (Lipinski definition) is 5. The van der Waals surface area contributed by atoms with Crippen LogP contribution in [0.5, 0.6) is 11.5 Å². The van der Waals surface area contributed by atoms with Gasteiger partial charge in [0, 0.05) is 27.3 Å². The van der Waals surface area contributed by atoms with E-state index in [0.717, 1.165) is 0 Å². The molecule has 1 heterocycles. The van der Waals surface area contributed by atoms with Crippen LogP contribution in [0.2, 0.25) is 10.0 Å². The third-order valence-electron chi connectivity index (χ3n) is 4.83. The second kappa shape index (κ2) is 10.6. The Balaban J connectivity index is 1.77. The third-order valence-corrected chi connectivity index (χ3v) is 5.30. The minimum atomic E-state index is -0.469. The monoisotopic (exact) mass is 508 g/mol. The molecule has 1 amide bonds. The Morgan fingerprint density at radius 3 is 2.40 bits per heavy atom. The number of aromatic nitrogens is 2. The molecule has 0 aliphatic heterocycles. The highest BCUT2D eigenvalue weighted by atomic mass is 35.5. The van der Waals surface area contributed by atoms with E-state index in [4.69, 9.17) is 27.9 Å². The Bertz CT molecular complexity index is 1440. The Hall–Kier alpha value is -3.81. The zero-order chi connectivity index (χ0) is 24.9. The molecule has 4 rings (SSSR count). The zero-order valence-corrected chi connectivity index (χ0v) is 20.5. The largest absolute Gasteiger partial charge is 0.453 e. The van der Waals surface area contributed by atoms with Crippen LogP contribution >= 0.6 is 23.2 Å². The van der Waals surface area contributed by atoms with Crippen molar-refractivity contribution in [1.82, 2.24) is 15.1 Å². The summed E-state index contributed by atoms with van der Waals surface area (Å²) >= 11 is 12.2. The van der Waals surface area contributed by atoms with Crippen molar-refractivity contribution in [3.05, 3.63) is 105 Å². The Kier molecular flexibility index (Phi) is 7.39. The first kappa shape index (κ1) is 24.3. The number of hydrogen-bond donors (Lipinski definition) is 2. The van der Waals surface area contributed by atoms with Gasteiger partial charge in [-0.05, 0) is 68.4 Å². The summed E-state index contributed by atoms with van der Waals surface area (Å²) in [6.07, 6.45) is 1.43. The van der Waals surface area contributed by atoms with Gasteiger partial charge >= 0.3 is 0 Å². The van der Waals surface area contributed by atoms with Gasteiger partial charge in [-0.3, -0.25) is 9.59 Å². The van der Waals surface area contributed by atoms with E-state index in [9.17, 15) is 9.59 Å². The van der Waals surface area contributed by atoms with Gasteiger partial charge in [-0.2, -0.15) is 9.78 Å². The normalized spacial score (nSPS) is 10.8. The summed E-state index contributed by atoms with van der Waals surface area (Å²) in [5.41, 5.74) is 1.12. The smallest absolute Gasteiger partial charge is 0.299 e. The lowest BCUT2D eigenvalue weighted by molar-refractivity contribution is 0.0943. The minimum Gasteiger partial charge on any atom is -0.453 e. The first-order chi connectivity index (χ1) is 16.8. The maximum absolute atomic E-state index is 13.5. The minimum absolute atomic E-state index is 0.0121. The number of halogens is 2. The van der Waals surface area contributed by atoms with Crippen LogP contribution in [0.1, 0.15) is 24.2 Å². The molecule has 0 unspecified atom stereocenters. The molecule has 2 N–H and O–H groups in total. The van der Waals surface area contributed by atoms with E-state index in [1.807, 2.05) is 13.8 Å². The van der Waals surface area contributed by atoms with Gasteiger partial charge in [-0.1, -0.05) is 41.4 Å². The number of carbonyl (C=O) groups excluding carboxylic acids is 1. The summed E-state index contributed by atoms with van der Waals surface area (Å²) in [5.74, 6) is 0.407. The summed E-state index contributed by atoms with van der Waals surface area (Å²) in [6.45, 7) is 3.77. The average Bonchev–Trinajstić information content (AvgIpc) is 2.81. The molecule has 0 bridgehead atoms. The molecular formula is C26H22Cl2N4O3. The first-order valence-electron chi connectivity index (χ1n) is 10.8. The summed E-state index contributed by atoms with van der Waals surface area (Å²) < 4.78 is 7.18. The van der Waals surface area contributed by atoms with Gasteiger partial charge in [0.05, 0.1) is 11.9 Å². The molecular weight excluding hydrogens is 487 g/mol. The summed E-state index contributed by atoms with van der Waals surface area (Å²) in [4.78, 5) is 26.0. The van der Waals surface area contributed by atoms with Gasteiger partial charge in [0.2, 0.25) is 0 Å². The highest BCUT2D eigenvalue weighted by Gasteiger charge is 2.17. The van der Waals surface area contributed by atoms with Crippen molar-refractivity contribution in [2.75, 3.05) is 5.32 Å². The van der Waals surface area contributed by atoms with Gasteiger partial charge in [-0.25, -0.2) is 0 Å². The molecule has 7 nitrogen and oxygen atoms in total. The third kappa shape index (κ3) is 6.01. The average molecular weight is 509 g/mol. The molecule has 1 aromatic heterocycles. The van der Waals surface area contributed by atoms with Crippen LogP contribution in [-0.4, -0.2) is 21.7 Å². The number of nitrogens with one attached hydrogen (secondary N) is 2. The van der Waals surface area contributed by atoms with Crippen LogP contribution in [0.25, 0.3) is 5.69 Å². The molecule has 3 aromatic carbocycles. The molecule has 4 aromatic rings. The van der Waals surface area contributed by atoms with Crippen LogP contribution in [0.15, 0.2) is 83.8 Å². The lowest BCUT2D eigenvalue weighted by Gasteiger charge is -2.15. The summed E-state index contributed by atoms with van der Waals surface area (Å²) in [7, 11) is 0. The van der Waals surface area contributed by atoms with Crippen LogP contribution in [-0.2, 0) is 0 Å². The maximum atomic E-state index is 13.5. The van der Waals surface area contributed by atoms with Gasteiger partial charge in [0.25, 0.3) is 11.5 Å². The highest BCUT2D eigenvalue weighted by molar-refractivity contribution is 6.31. The molecule has 0 fully saturated rings. The fourth-order valence-electron chi connectivity index (χ4n) is 3.31. The zero-order valence-electron chi connectivity index (χ0n) is 19.0. The lowest BCUT2D eigenvalue weighted by atomic mass is 10.1. The van der Waals surface area contributed by atoms with Crippen molar-refractivity contribution in [2.45, 2.75) is 19.9 Å². The SMILES string of the molecule is CC(C)NC(=O)c1cccc(Nc2c(Oc3cccc(Cl)c3)cnn(-c3cccc(Cl)c3)c2=O)c1. The molecule has 178 valence electrons. The van der Waals surface area contributed by atoms with Gasteiger partial charge in [0.15, 0.2) is 11.4 Å². The van der Waals surface area contributed by atoms with Crippen molar-refractivity contribution in [3.8, 4) is 17.2 Å². The van der Waals surface area contributed by atoms with E-state index in [-0.39, 0.29) is 23.4 Å². The van der Waals surface area contributed by atoms with E-state index in [1.54, 1.807) is 72.8 Å². The molecule has 0 atom stereocenters. The van der Waals surface area contributed by atoms with Crippen LogP contribution < -0.4 is 20.9 Å². The number of nitrogens with zero attached hydrogens (tertiary/aromatic N) is 2. The molecule has 0 aliphatic rings. The molecule has 0 aliphatic carbocycles. The summed E-state index contributed by atoms with van der Waals surface area (Å²) in [6, 6.07) is 20.4. The van der Waals surface area contributed by atoms with Crippen molar-refractivity contribution in [1.29, 1.82) is 0 Å². The number of benzene rings is 3. The second-order valence-electron chi connectivity index (χ2n) is 7.97. The lowest BCUT2D eigenvalue weighted by Crippen LogP contribution is -2.30. The number of carbonyl (C=O) groups is 1. The Morgan fingerprint density at radius 2 is 1.69 bits per heavy atom. The van der Waals surface area contributed by atoms with E-state index in [0.29, 0.717) is 32.7 Å². The number of anilines is 2. The van der Waals surface area contributed by atoms with Crippen LogP contribution in [0, 0.1) is 0 Å². The quantitative estimate of drug-likeness (QED) is 0.309. The number of ether oxygens (including phenoxy) is 1. The number of rotatable bonds is 7. The van der Waals surface area contributed by atoms with E-state index >= 15 is 0 Å². The predicted molar refractivity (Wildman–Crippen MR) is 139 cm³/mol. The summed E-state index contributed by atoms with van der Waals surface area (Å²) in [5, 5.41) is 11.2. The van der Waals surface area contributed by atoms with Crippen LogP contribution in [0.3, 0.4) is 0 Å². The van der Waals surface area contributed by atoms with Gasteiger partial charge in [0.1, 0.15) is 5.75 Å². The molecule has 9 heteroatoms. The predicted octanol–water partition coefficient (Wildman–Crippen LogP) is 6.21. The first-order valence-corrected chi connectivity index (χ1v) is 11.6. The van der Waals surface area contributed by atoms with Crippen molar-refractivity contribution in [2.24, 2.45) is 0 Å². The van der Waals surface area contributed by atoms with E-state index in [1.165, 1.54) is 10.9 Å².